The molecule has 0 bridgehead atoms. The fourth-order valence-corrected chi connectivity index (χ4v) is 0.968. The zero-order valence-corrected chi connectivity index (χ0v) is 12.2. The third-order valence-corrected chi connectivity index (χ3v) is 2.47. The molecule has 0 heterocycles. The first-order valence-corrected chi connectivity index (χ1v) is 6.23. The molecule has 0 N–H and O–H groups in total. The van der Waals surface area contributed by atoms with Gasteiger partial charge < -0.3 is 18.9 Å². The third kappa shape index (κ3) is 10.4. The lowest BCUT2D eigenvalue weighted by Crippen LogP contribution is -2.17. The Kier molecular flexibility index (Phi) is 10.4. The van der Waals surface area contributed by atoms with E-state index in [1.54, 1.807) is 14.2 Å². The number of carbonyl (C=O) groups is 2. The molecule has 2 atom stereocenters. The van der Waals surface area contributed by atoms with E-state index in [9.17, 15) is 9.59 Å². The van der Waals surface area contributed by atoms with Crippen LogP contribution in [0.3, 0.4) is 0 Å². The second-order valence-corrected chi connectivity index (χ2v) is 4.03. The molecule has 0 amide bonds. The highest BCUT2D eigenvalue weighted by Crippen LogP contribution is 1.99. The monoisotopic (exact) mass is 294 g/mol. The van der Waals surface area contributed by atoms with E-state index >= 15 is 0 Å². The Morgan fingerprint density at radius 3 is 1.45 bits per heavy atom. The van der Waals surface area contributed by atoms with Gasteiger partial charge in [-0.25, -0.2) is 0 Å². The minimum Gasteiger partial charge on any atom is -0.432 e. The van der Waals surface area contributed by atoms with Gasteiger partial charge in [-0.2, -0.15) is 19.4 Å². The maximum atomic E-state index is 11.0. The molecular weight excluding hydrogens is 272 g/mol. The van der Waals surface area contributed by atoms with Crippen molar-refractivity contribution in [3.8, 4) is 0 Å². The molecule has 0 aliphatic rings. The van der Waals surface area contributed by atoms with Crippen molar-refractivity contribution in [1.29, 1.82) is 0 Å². The van der Waals surface area contributed by atoms with Crippen molar-refractivity contribution in [3.63, 3.8) is 0 Å². The van der Waals surface area contributed by atoms with E-state index in [1.165, 1.54) is 0 Å². The fraction of sp³-hybridized carbons (Fsp3) is 0.833. The van der Waals surface area contributed by atoms with E-state index in [4.69, 9.17) is 9.47 Å². The van der Waals surface area contributed by atoms with Crippen molar-refractivity contribution in [2.24, 2.45) is 0 Å². The number of hydrogen-bond acceptors (Lipinski definition) is 8. The average molecular weight is 294 g/mol. The summed E-state index contributed by atoms with van der Waals surface area (Å²) < 4.78 is 19.2. The highest BCUT2D eigenvalue weighted by molar-refractivity contribution is 5.63. The third-order valence-electron chi connectivity index (χ3n) is 2.47. The van der Waals surface area contributed by atoms with Gasteiger partial charge in [-0.3, -0.25) is 0 Å². The quantitative estimate of drug-likeness (QED) is 0.382. The number of methoxy groups -OCH3 is 2. The zero-order valence-electron chi connectivity index (χ0n) is 12.2. The molecule has 0 saturated carbocycles. The lowest BCUT2D eigenvalue weighted by atomic mass is 10.3. The van der Waals surface area contributed by atoms with Crippen LogP contribution in [0.4, 0.5) is 9.59 Å². The van der Waals surface area contributed by atoms with Gasteiger partial charge >= 0.3 is 12.3 Å². The summed E-state index contributed by atoms with van der Waals surface area (Å²) in [6.45, 7) is 3.84. The Morgan fingerprint density at radius 2 is 1.15 bits per heavy atom. The van der Waals surface area contributed by atoms with Crippen LogP contribution in [-0.2, 0) is 28.7 Å². The molecule has 20 heavy (non-hydrogen) atoms. The van der Waals surface area contributed by atoms with Crippen molar-refractivity contribution < 1.29 is 38.3 Å². The molecule has 0 aliphatic carbocycles. The maximum Gasteiger partial charge on any atom is 0.549 e. The average Bonchev–Trinajstić information content (AvgIpc) is 2.44. The molecule has 0 radical (unpaired) electrons. The van der Waals surface area contributed by atoms with Crippen molar-refractivity contribution in [1.82, 2.24) is 0 Å². The topological polar surface area (TPSA) is 89.5 Å². The summed E-state index contributed by atoms with van der Waals surface area (Å²) in [4.78, 5) is 30.2. The second-order valence-electron chi connectivity index (χ2n) is 4.03. The molecule has 0 rings (SSSR count). The van der Waals surface area contributed by atoms with Crippen LogP contribution < -0.4 is 0 Å². The van der Waals surface area contributed by atoms with Gasteiger partial charge in [0.25, 0.3) is 0 Å². The largest absolute Gasteiger partial charge is 0.549 e. The lowest BCUT2D eigenvalue weighted by Gasteiger charge is -2.10. The Bertz CT molecular complexity index is 253. The first-order chi connectivity index (χ1) is 9.49. The summed E-state index contributed by atoms with van der Waals surface area (Å²) in [5.74, 6) is 0. The van der Waals surface area contributed by atoms with Crippen molar-refractivity contribution in [2.45, 2.75) is 38.9 Å². The first-order valence-electron chi connectivity index (χ1n) is 6.23. The number of rotatable bonds is 8. The molecule has 8 nitrogen and oxygen atoms in total. The maximum absolute atomic E-state index is 11.0. The van der Waals surface area contributed by atoms with Gasteiger partial charge in [0, 0.05) is 27.1 Å². The molecule has 118 valence electrons. The van der Waals surface area contributed by atoms with E-state index in [1.807, 2.05) is 13.8 Å². The Labute approximate surface area is 118 Å². The molecule has 0 aromatic heterocycles. The summed E-state index contributed by atoms with van der Waals surface area (Å²) >= 11 is 0. The van der Waals surface area contributed by atoms with E-state index in [0.717, 1.165) is 0 Å². The molecular formula is C12H22O8. The van der Waals surface area contributed by atoms with Crippen LogP contribution in [0.5, 0.6) is 0 Å². The van der Waals surface area contributed by atoms with Gasteiger partial charge in [-0.05, 0) is 13.8 Å². The standard InChI is InChI=1S/C12H22O8/c1-9(15-3)5-7-17-11(13)19-20-12(14)18-8-6-10(2)16-4/h9-10H,5-8H2,1-4H3/t9-,10-/m0/s1. The first kappa shape index (κ1) is 18.5. The Hall–Kier alpha value is -1.54. The van der Waals surface area contributed by atoms with Crippen LogP contribution in [0.25, 0.3) is 0 Å². The predicted octanol–water partition coefficient (Wildman–Crippen LogP) is 2.06. The van der Waals surface area contributed by atoms with Crippen LogP contribution in [0.1, 0.15) is 26.7 Å². The lowest BCUT2D eigenvalue weighted by molar-refractivity contribution is -0.218. The Balaban J connectivity index is 3.56. The second kappa shape index (κ2) is 11.3. The van der Waals surface area contributed by atoms with Crippen LogP contribution in [0.2, 0.25) is 0 Å². The normalized spacial score (nSPS) is 13.2. The molecule has 0 aromatic carbocycles. The van der Waals surface area contributed by atoms with Crippen LogP contribution in [-0.4, -0.2) is 52.0 Å². The highest BCUT2D eigenvalue weighted by Gasteiger charge is 2.13. The fourth-order valence-electron chi connectivity index (χ4n) is 0.968. The van der Waals surface area contributed by atoms with Crippen LogP contribution >= 0.6 is 0 Å². The van der Waals surface area contributed by atoms with Gasteiger partial charge in [-0.1, -0.05) is 0 Å². The highest BCUT2D eigenvalue weighted by atomic mass is 17.3. The smallest absolute Gasteiger partial charge is 0.432 e. The van der Waals surface area contributed by atoms with Gasteiger partial charge in [0.05, 0.1) is 25.4 Å². The summed E-state index contributed by atoms with van der Waals surface area (Å²) in [6.07, 6.45) is -1.31. The van der Waals surface area contributed by atoms with Crippen LogP contribution in [0, 0.1) is 0 Å². The van der Waals surface area contributed by atoms with E-state index in [2.05, 4.69) is 19.2 Å². The summed E-state index contributed by atoms with van der Waals surface area (Å²) in [6, 6.07) is 0. The summed E-state index contributed by atoms with van der Waals surface area (Å²) in [5.41, 5.74) is 0. The van der Waals surface area contributed by atoms with E-state index in [0.29, 0.717) is 12.8 Å². The molecule has 8 heteroatoms. The van der Waals surface area contributed by atoms with Crippen LogP contribution in [0.15, 0.2) is 0 Å². The van der Waals surface area contributed by atoms with Crippen molar-refractivity contribution in [2.75, 3.05) is 27.4 Å². The number of hydrogen-bond donors (Lipinski definition) is 0. The number of ether oxygens (including phenoxy) is 4. The van der Waals surface area contributed by atoms with Gasteiger partial charge in [0.2, 0.25) is 0 Å². The Morgan fingerprint density at radius 1 is 0.800 bits per heavy atom. The minimum atomic E-state index is -1.12. The minimum absolute atomic E-state index is 0.0449. The summed E-state index contributed by atoms with van der Waals surface area (Å²) in [5, 5.41) is 0. The molecule has 0 saturated heterocycles. The SMILES string of the molecule is CO[C@@H](C)CCOC(=O)OOC(=O)OCC[C@H](C)OC. The zero-order chi connectivity index (χ0) is 15.4. The molecule has 0 spiro atoms. The molecule has 0 fully saturated rings. The molecule has 0 aromatic rings. The number of carbonyl (C=O) groups excluding carboxylic acids is 2. The van der Waals surface area contributed by atoms with Crippen molar-refractivity contribution in [3.05, 3.63) is 0 Å². The van der Waals surface area contributed by atoms with Gasteiger partial charge in [-0.15, -0.1) is 0 Å². The van der Waals surface area contributed by atoms with Crippen molar-refractivity contribution >= 4 is 12.3 Å². The van der Waals surface area contributed by atoms with E-state index < -0.39 is 12.3 Å². The van der Waals surface area contributed by atoms with Gasteiger partial charge in [0.1, 0.15) is 0 Å². The predicted molar refractivity (Wildman–Crippen MR) is 67.0 cm³/mol. The van der Waals surface area contributed by atoms with E-state index in [-0.39, 0.29) is 25.4 Å². The molecule has 0 aliphatic heterocycles. The molecule has 0 unspecified atom stereocenters. The summed E-state index contributed by atoms with van der Waals surface area (Å²) in [7, 11) is 3.10. The van der Waals surface area contributed by atoms with Gasteiger partial charge in [0.15, 0.2) is 0 Å².